The van der Waals surface area contributed by atoms with Crippen molar-refractivity contribution in [2.24, 2.45) is 0 Å². The molecule has 0 spiro atoms. The van der Waals surface area contributed by atoms with Gasteiger partial charge in [0.15, 0.2) is 0 Å². The highest BCUT2D eigenvalue weighted by Gasteiger charge is 2.06. The van der Waals surface area contributed by atoms with Gasteiger partial charge in [-0.05, 0) is 5.56 Å². The van der Waals surface area contributed by atoms with Crippen molar-refractivity contribution in [2.75, 3.05) is 6.54 Å². The Bertz CT molecular complexity index is 627. The second kappa shape index (κ2) is 6.16. The van der Waals surface area contributed by atoms with Crippen molar-refractivity contribution in [3.63, 3.8) is 0 Å². The largest absolute Gasteiger partial charge is 0.348 e. The molecule has 5 heteroatoms. The summed E-state index contributed by atoms with van der Waals surface area (Å²) in [4.78, 5) is 7.10. The smallest absolute Gasteiger partial charge is 0.0921 e. The fourth-order valence-electron chi connectivity index (χ4n) is 2.17. The molecule has 0 saturated heterocycles. The fourth-order valence-corrected chi connectivity index (χ4v) is 2.17. The van der Waals surface area contributed by atoms with Crippen molar-refractivity contribution in [1.29, 1.82) is 0 Å². The van der Waals surface area contributed by atoms with E-state index < -0.39 is 0 Å². The first kappa shape index (κ1) is 12.6. The van der Waals surface area contributed by atoms with Crippen LogP contribution in [0.25, 0.3) is 11.3 Å². The highest BCUT2D eigenvalue weighted by Crippen LogP contribution is 2.20. The van der Waals surface area contributed by atoms with Gasteiger partial charge in [-0.2, -0.15) is 5.10 Å². The molecule has 0 radical (unpaired) electrons. The minimum absolute atomic E-state index is 0.800. The Kier molecular flexibility index (Phi) is 3.89. The zero-order valence-corrected chi connectivity index (χ0v) is 11.1. The Labute approximate surface area is 117 Å². The van der Waals surface area contributed by atoms with Crippen LogP contribution in [-0.4, -0.2) is 26.7 Å². The quantitative estimate of drug-likeness (QED) is 0.599. The molecule has 2 aromatic heterocycles. The first-order valence-corrected chi connectivity index (χ1v) is 6.69. The van der Waals surface area contributed by atoms with Gasteiger partial charge in [-0.15, -0.1) is 0 Å². The van der Waals surface area contributed by atoms with Crippen molar-refractivity contribution in [3.8, 4) is 11.3 Å². The second-order valence-corrected chi connectivity index (χ2v) is 4.64. The number of aromatic amines is 2. The predicted molar refractivity (Wildman–Crippen MR) is 78.0 cm³/mol. The van der Waals surface area contributed by atoms with Crippen LogP contribution < -0.4 is 5.32 Å². The van der Waals surface area contributed by atoms with Gasteiger partial charge in [0.2, 0.25) is 0 Å². The molecule has 2 heterocycles. The molecular weight excluding hydrogens is 250 g/mol. The highest BCUT2D eigenvalue weighted by atomic mass is 15.1. The van der Waals surface area contributed by atoms with E-state index in [0.29, 0.717) is 0 Å². The lowest BCUT2D eigenvalue weighted by Gasteiger charge is -2.05. The molecule has 0 unspecified atom stereocenters. The Morgan fingerprint density at radius 1 is 1.10 bits per heavy atom. The topological polar surface area (TPSA) is 69.4 Å². The standard InChI is InChI=1S/C15H17N5/c1-2-4-12(5-3-1)15-13(9-19-20-15)8-16-7-6-14-10-17-11-18-14/h1-5,9-11,16H,6-8H2,(H,17,18)(H,19,20). The summed E-state index contributed by atoms with van der Waals surface area (Å²) in [6.07, 6.45) is 6.39. The normalized spacial score (nSPS) is 10.8. The summed E-state index contributed by atoms with van der Waals surface area (Å²) in [6.45, 7) is 1.70. The lowest BCUT2D eigenvalue weighted by molar-refractivity contribution is 0.682. The molecule has 0 fully saturated rings. The molecule has 3 N–H and O–H groups in total. The van der Waals surface area contributed by atoms with Crippen molar-refractivity contribution < 1.29 is 0 Å². The summed E-state index contributed by atoms with van der Waals surface area (Å²) in [6, 6.07) is 10.3. The van der Waals surface area contributed by atoms with Gasteiger partial charge in [-0.1, -0.05) is 30.3 Å². The highest BCUT2D eigenvalue weighted by molar-refractivity contribution is 5.62. The van der Waals surface area contributed by atoms with E-state index in [2.05, 4.69) is 37.6 Å². The second-order valence-electron chi connectivity index (χ2n) is 4.64. The van der Waals surface area contributed by atoms with Gasteiger partial charge in [-0.3, -0.25) is 5.10 Å². The van der Waals surface area contributed by atoms with Crippen LogP contribution in [0.4, 0.5) is 0 Å². The molecule has 3 aromatic rings. The Balaban J connectivity index is 1.57. The van der Waals surface area contributed by atoms with Crippen LogP contribution in [0.1, 0.15) is 11.3 Å². The maximum atomic E-state index is 4.15. The first-order chi connectivity index (χ1) is 9.93. The summed E-state index contributed by atoms with van der Waals surface area (Å²) < 4.78 is 0. The Morgan fingerprint density at radius 2 is 2.00 bits per heavy atom. The van der Waals surface area contributed by atoms with Crippen LogP contribution >= 0.6 is 0 Å². The number of imidazole rings is 1. The molecule has 0 atom stereocenters. The average molecular weight is 267 g/mol. The van der Waals surface area contributed by atoms with Crippen LogP contribution in [0.15, 0.2) is 49.1 Å². The van der Waals surface area contributed by atoms with Gasteiger partial charge in [0.05, 0.1) is 18.2 Å². The van der Waals surface area contributed by atoms with Gasteiger partial charge >= 0.3 is 0 Å². The molecular formula is C15H17N5. The maximum absolute atomic E-state index is 4.15. The summed E-state index contributed by atoms with van der Waals surface area (Å²) in [5.41, 5.74) is 4.57. The molecule has 102 valence electrons. The Morgan fingerprint density at radius 3 is 2.80 bits per heavy atom. The van der Waals surface area contributed by atoms with E-state index >= 15 is 0 Å². The monoisotopic (exact) mass is 267 g/mol. The molecule has 0 bridgehead atoms. The predicted octanol–water partition coefficient (Wildman–Crippen LogP) is 2.13. The fraction of sp³-hybridized carbons (Fsp3) is 0.200. The van der Waals surface area contributed by atoms with Gasteiger partial charge in [-0.25, -0.2) is 4.98 Å². The van der Waals surface area contributed by atoms with E-state index in [1.54, 1.807) is 6.33 Å². The van der Waals surface area contributed by atoms with E-state index in [9.17, 15) is 0 Å². The van der Waals surface area contributed by atoms with E-state index in [1.807, 2.05) is 30.6 Å². The molecule has 0 aliphatic heterocycles. The molecule has 1 aromatic carbocycles. The summed E-state index contributed by atoms with van der Waals surface area (Å²) in [7, 11) is 0. The molecule has 5 nitrogen and oxygen atoms in total. The number of benzene rings is 1. The van der Waals surface area contributed by atoms with Gasteiger partial charge in [0.1, 0.15) is 0 Å². The third-order valence-corrected chi connectivity index (χ3v) is 3.22. The number of hydrogen-bond acceptors (Lipinski definition) is 3. The number of H-pyrrole nitrogens is 2. The number of rotatable bonds is 6. The lowest BCUT2D eigenvalue weighted by atomic mass is 10.1. The van der Waals surface area contributed by atoms with E-state index in [0.717, 1.165) is 36.5 Å². The number of nitrogens with one attached hydrogen (secondary N) is 3. The number of nitrogens with zero attached hydrogens (tertiary/aromatic N) is 2. The SMILES string of the molecule is c1ccc(-c2[nH]ncc2CNCCc2cnc[nH]2)cc1. The molecule has 0 aliphatic carbocycles. The van der Waals surface area contributed by atoms with Crippen LogP contribution in [0.2, 0.25) is 0 Å². The maximum Gasteiger partial charge on any atom is 0.0921 e. The van der Waals surface area contributed by atoms with Crippen molar-refractivity contribution in [1.82, 2.24) is 25.5 Å². The zero-order valence-electron chi connectivity index (χ0n) is 11.1. The van der Waals surface area contributed by atoms with Gasteiger partial charge < -0.3 is 10.3 Å². The van der Waals surface area contributed by atoms with Crippen LogP contribution in [0, 0.1) is 0 Å². The minimum Gasteiger partial charge on any atom is -0.348 e. The molecule has 3 rings (SSSR count). The molecule has 0 saturated carbocycles. The Hall–Kier alpha value is -2.40. The van der Waals surface area contributed by atoms with Gasteiger partial charge in [0, 0.05) is 37.0 Å². The van der Waals surface area contributed by atoms with E-state index in [1.165, 1.54) is 5.56 Å². The zero-order chi connectivity index (χ0) is 13.6. The molecule has 20 heavy (non-hydrogen) atoms. The van der Waals surface area contributed by atoms with Crippen molar-refractivity contribution in [3.05, 3.63) is 60.3 Å². The van der Waals surface area contributed by atoms with Crippen LogP contribution in [0.3, 0.4) is 0 Å². The third kappa shape index (κ3) is 2.95. The van der Waals surface area contributed by atoms with E-state index in [-0.39, 0.29) is 0 Å². The number of aromatic nitrogens is 4. The average Bonchev–Trinajstić information content (AvgIpc) is 3.16. The summed E-state index contributed by atoms with van der Waals surface area (Å²) in [5.74, 6) is 0. The third-order valence-electron chi connectivity index (χ3n) is 3.22. The summed E-state index contributed by atoms with van der Waals surface area (Å²) >= 11 is 0. The van der Waals surface area contributed by atoms with Crippen molar-refractivity contribution in [2.45, 2.75) is 13.0 Å². The minimum atomic E-state index is 0.800. The van der Waals surface area contributed by atoms with Crippen molar-refractivity contribution >= 4 is 0 Å². The first-order valence-electron chi connectivity index (χ1n) is 6.69. The lowest BCUT2D eigenvalue weighted by Crippen LogP contribution is -2.16. The van der Waals surface area contributed by atoms with Crippen LogP contribution in [-0.2, 0) is 13.0 Å². The van der Waals surface area contributed by atoms with E-state index in [4.69, 9.17) is 0 Å². The summed E-state index contributed by atoms with van der Waals surface area (Å²) in [5, 5.41) is 10.6. The van der Waals surface area contributed by atoms with Gasteiger partial charge in [0.25, 0.3) is 0 Å². The van der Waals surface area contributed by atoms with Crippen LogP contribution in [0.5, 0.6) is 0 Å². The number of hydrogen-bond donors (Lipinski definition) is 3. The molecule has 0 amide bonds. The molecule has 0 aliphatic rings.